The van der Waals surface area contributed by atoms with Crippen molar-refractivity contribution < 1.29 is 15.3 Å². The van der Waals surface area contributed by atoms with Crippen molar-refractivity contribution in [2.45, 2.75) is 27.1 Å². The van der Waals surface area contributed by atoms with E-state index in [0.29, 0.717) is 5.56 Å². The van der Waals surface area contributed by atoms with Crippen LogP contribution >= 0.6 is 0 Å². The van der Waals surface area contributed by atoms with Crippen LogP contribution in [0.15, 0.2) is 6.07 Å². The lowest BCUT2D eigenvalue weighted by Gasteiger charge is -2.11. The fraction of sp³-hybridized carbons (Fsp3) is 0.400. The van der Waals surface area contributed by atoms with Gasteiger partial charge in [-0.2, -0.15) is 0 Å². The van der Waals surface area contributed by atoms with Crippen LogP contribution in [0.4, 0.5) is 0 Å². The van der Waals surface area contributed by atoms with Gasteiger partial charge in [0.1, 0.15) is 5.75 Å². The minimum absolute atomic E-state index is 0.0695. The number of phenols is 1. The zero-order valence-corrected chi connectivity index (χ0v) is 7.83. The summed E-state index contributed by atoms with van der Waals surface area (Å²) in [6.45, 7) is 3.32. The second-order valence-corrected chi connectivity index (χ2v) is 3.11. The molecule has 3 N–H and O–H groups in total. The predicted molar refractivity (Wildman–Crippen MR) is 49.4 cm³/mol. The van der Waals surface area contributed by atoms with E-state index in [0.717, 1.165) is 16.7 Å². The van der Waals surface area contributed by atoms with Crippen LogP contribution in [0.25, 0.3) is 0 Å². The zero-order valence-electron chi connectivity index (χ0n) is 7.83. The summed E-state index contributed by atoms with van der Waals surface area (Å²) in [6, 6.07) is 1.62. The van der Waals surface area contributed by atoms with Crippen molar-refractivity contribution in [2.75, 3.05) is 0 Å². The van der Waals surface area contributed by atoms with Crippen LogP contribution in [0.1, 0.15) is 22.3 Å². The maximum atomic E-state index is 9.56. The zero-order chi connectivity index (χ0) is 10.0. The van der Waals surface area contributed by atoms with Crippen molar-refractivity contribution in [1.29, 1.82) is 0 Å². The van der Waals surface area contributed by atoms with Crippen molar-refractivity contribution in [3.8, 4) is 5.75 Å². The molecule has 0 saturated carbocycles. The maximum absolute atomic E-state index is 9.56. The van der Waals surface area contributed by atoms with Gasteiger partial charge in [-0.25, -0.2) is 0 Å². The highest BCUT2D eigenvalue weighted by Crippen LogP contribution is 2.27. The van der Waals surface area contributed by atoms with E-state index in [1.54, 1.807) is 13.0 Å². The summed E-state index contributed by atoms with van der Waals surface area (Å²) in [6.07, 6.45) is 0. The fourth-order valence-electron chi connectivity index (χ4n) is 1.33. The molecule has 72 valence electrons. The molecule has 0 aromatic heterocycles. The van der Waals surface area contributed by atoms with E-state index >= 15 is 0 Å². The first-order chi connectivity index (χ1) is 6.11. The normalized spacial score (nSPS) is 10.5. The first kappa shape index (κ1) is 10.0. The number of hydrogen-bond donors (Lipinski definition) is 3. The van der Waals surface area contributed by atoms with Gasteiger partial charge in [-0.05, 0) is 36.6 Å². The quantitative estimate of drug-likeness (QED) is 0.639. The number of aliphatic hydroxyl groups is 2. The minimum Gasteiger partial charge on any atom is -0.507 e. The summed E-state index contributed by atoms with van der Waals surface area (Å²) in [5, 5.41) is 27.5. The standard InChI is InChI=1S/C10H14O3/c1-6-7(2)10(13)9(5-12)3-8(6)4-11/h3,11-13H,4-5H2,1-2H3. The van der Waals surface area contributed by atoms with Crippen molar-refractivity contribution >= 4 is 0 Å². The highest BCUT2D eigenvalue weighted by Gasteiger charge is 2.09. The van der Waals surface area contributed by atoms with Crippen LogP contribution in [0.3, 0.4) is 0 Å². The molecule has 0 heterocycles. The molecule has 3 nitrogen and oxygen atoms in total. The third kappa shape index (κ3) is 1.66. The van der Waals surface area contributed by atoms with Gasteiger partial charge in [-0.1, -0.05) is 0 Å². The summed E-state index contributed by atoms with van der Waals surface area (Å²) < 4.78 is 0. The Hall–Kier alpha value is -1.06. The minimum atomic E-state index is -0.208. The lowest BCUT2D eigenvalue weighted by Crippen LogP contribution is -1.97. The summed E-state index contributed by atoms with van der Waals surface area (Å²) in [7, 11) is 0. The van der Waals surface area contributed by atoms with Crippen LogP contribution in [-0.4, -0.2) is 15.3 Å². The Kier molecular flexibility index (Phi) is 2.90. The largest absolute Gasteiger partial charge is 0.507 e. The van der Waals surface area contributed by atoms with Gasteiger partial charge in [-0.15, -0.1) is 0 Å². The molecule has 0 bridgehead atoms. The van der Waals surface area contributed by atoms with Gasteiger partial charge in [-0.3, -0.25) is 0 Å². The summed E-state index contributed by atoms with van der Waals surface area (Å²) in [5.41, 5.74) is 2.80. The summed E-state index contributed by atoms with van der Waals surface area (Å²) >= 11 is 0. The molecule has 0 unspecified atom stereocenters. The van der Waals surface area contributed by atoms with Gasteiger partial charge in [0, 0.05) is 5.56 Å². The molecular weight excluding hydrogens is 168 g/mol. The number of benzene rings is 1. The Morgan fingerprint density at radius 2 is 1.54 bits per heavy atom. The Balaban J connectivity index is 3.36. The Morgan fingerprint density at radius 3 is 2.00 bits per heavy atom. The van der Waals surface area contributed by atoms with E-state index in [-0.39, 0.29) is 19.0 Å². The lowest BCUT2D eigenvalue weighted by atomic mass is 9.99. The van der Waals surface area contributed by atoms with Crippen LogP contribution in [0, 0.1) is 13.8 Å². The second-order valence-electron chi connectivity index (χ2n) is 3.11. The van der Waals surface area contributed by atoms with E-state index in [2.05, 4.69) is 0 Å². The second kappa shape index (κ2) is 3.77. The third-order valence-corrected chi connectivity index (χ3v) is 2.39. The van der Waals surface area contributed by atoms with E-state index in [9.17, 15) is 5.11 Å². The first-order valence-electron chi connectivity index (χ1n) is 4.14. The fourth-order valence-corrected chi connectivity index (χ4v) is 1.33. The van der Waals surface area contributed by atoms with E-state index in [1.165, 1.54) is 0 Å². The Bertz CT molecular complexity index is 290. The van der Waals surface area contributed by atoms with Crippen LogP contribution in [-0.2, 0) is 13.2 Å². The highest BCUT2D eigenvalue weighted by atomic mass is 16.3. The number of aromatic hydroxyl groups is 1. The molecule has 0 aliphatic carbocycles. The SMILES string of the molecule is Cc1c(CO)cc(CO)c(O)c1C. The third-order valence-electron chi connectivity index (χ3n) is 2.39. The highest BCUT2D eigenvalue weighted by molar-refractivity contribution is 5.48. The van der Waals surface area contributed by atoms with Crippen molar-refractivity contribution in [3.05, 3.63) is 28.3 Å². The number of aliphatic hydroxyl groups excluding tert-OH is 2. The average Bonchev–Trinajstić information content (AvgIpc) is 2.15. The molecule has 1 aromatic carbocycles. The predicted octanol–water partition coefficient (Wildman–Crippen LogP) is 0.994. The van der Waals surface area contributed by atoms with Crippen molar-refractivity contribution in [2.24, 2.45) is 0 Å². The lowest BCUT2D eigenvalue weighted by molar-refractivity contribution is 0.270. The van der Waals surface area contributed by atoms with Crippen LogP contribution in [0.5, 0.6) is 5.75 Å². The molecule has 0 atom stereocenters. The smallest absolute Gasteiger partial charge is 0.124 e. The molecule has 0 aliphatic heterocycles. The van der Waals surface area contributed by atoms with Gasteiger partial charge in [0.15, 0.2) is 0 Å². The van der Waals surface area contributed by atoms with Crippen molar-refractivity contribution in [1.82, 2.24) is 0 Å². The first-order valence-corrected chi connectivity index (χ1v) is 4.14. The molecule has 0 saturated heterocycles. The van der Waals surface area contributed by atoms with E-state index in [4.69, 9.17) is 10.2 Å². The molecule has 0 spiro atoms. The average molecular weight is 182 g/mol. The molecule has 0 aliphatic rings. The number of hydrogen-bond acceptors (Lipinski definition) is 3. The van der Waals surface area contributed by atoms with Crippen molar-refractivity contribution in [3.63, 3.8) is 0 Å². The van der Waals surface area contributed by atoms with Crippen LogP contribution in [0.2, 0.25) is 0 Å². The molecule has 0 amide bonds. The van der Waals surface area contributed by atoms with Gasteiger partial charge in [0.2, 0.25) is 0 Å². The van der Waals surface area contributed by atoms with Gasteiger partial charge in [0.05, 0.1) is 13.2 Å². The monoisotopic (exact) mass is 182 g/mol. The molecular formula is C10H14O3. The summed E-state index contributed by atoms with van der Waals surface area (Å²) in [4.78, 5) is 0. The van der Waals surface area contributed by atoms with Gasteiger partial charge < -0.3 is 15.3 Å². The molecule has 3 heteroatoms. The molecule has 0 radical (unpaired) electrons. The Morgan fingerprint density at radius 1 is 1.00 bits per heavy atom. The molecule has 1 aromatic rings. The van der Waals surface area contributed by atoms with Crippen LogP contribution < -0.4 is 0 Å². The van der Waals surface area contributed by atoms with Gasteiger partial charge >= 0.3 is 0 Å². The molecule has 0 fully saturated rings. The summed E-state index contributed by atoms with van der Waals surface area (Å²) in [5.74, 6) is 0.122. The van der Waals surface area contributed by atoms with Gasteiger partial charge in [0.25, 0.3) is 0 Å². The Labute approximate surface area is 77.3 Å². The van der Waals surface area contributed by atoms with E-state index < -0.39 is 0 Å². The number of rotatable bonds is 2. The molecule has 13 heavy (non-hydrogen) atoms. The molecule has 1 rings (SSSR count). The van der Waals surface area contributed by atoms with E-state index in [1.807, 2.05) is 6.92 Å². The topological polar surface area (TPSA) is 60.7 Å². The maximum Gasteiger partial charge on any atom is 0.124 e.